The summed E-state index contributed by atoms with van der Waals surface area (Å²) >= 11 is 6.28. The minimum Gasteiger partial charge on any atom is -0.396 e. The van der Waals surface area contributed by atoms with Crippen LogP contribution in [0.3, 0.4) is 0 Å². The van der Waals surface area contributed by atoms with E-state index in [1.54, 1.807) is 29.2 Å². The maximum atomic E-state index is 16.7. The van der Waals surface area contributed by atoms with Gasteiger partial charge in [-0.1, -0.05) is 36.7 Å². The Hall–Kier alpha value is -3.72. The molecule has 1 aliphatic carbocycles. The van der Waals surface area contributed by atoms with Gasteiger partial charge in [-0.05, 0) is 54.5 Å². The monoisotopic (exact) mass is 602 g/mol. The Labute approximate surface area is 254 Å². The molecule has 6 rings (SSSR count). The molecule has 2 aliphatic rings. The molecule has 0 saturated heterocycles. The molecule has 43 heavy (non-hydrogen) atoms. The molecule has 222 valence electrons. The molecule has 1 fully saturated rings. The summed E-state index contributed by atoms with van der Waals surface area (Å²) in [5, 5.41) is 31.3. The van der Waals surface area contributed by atoms with Crippen LogP contribution in [0.2, 0.25) is 5.02 Å². The Morgan fingerprint density at radius 3 is 2.51 bits per heavy atom. The van der Waals surface area contributed by atoms with Crippen molar-refractivity contribution < 1.29 is 19.3 Å². The summed E-state index contributed by atoms with van der Waals surface area (Å²) in [5.74, 6) is 0.0370. The number of hydrogen-bond donors (Lipinski definition) is 2. The zero-order valence-electron chi connectivity index (χ0n) is 23.9. The number of aliphatic hydroxyl groups is 2. The van der Waals surface area contributed by atoms with Crippen LogP contribution in [0.15, 0.2) is 61.3 Å². The number of ether oxygens (including phenoxy) is 1. The highest BCUT2D eigenvalue weighted by Crippen LogP contribution is 2.51. The zero-order valence-corrected chi connectivity index (χ0v) is 24.7. The second-order valence-corrected chi connectivity index (χ2v) is 11.8. The molecule has 3 heterocycles. The minimum absolute atomic E-state index is 0.0635. The van der Waals surface area contributed by atoms with Crippen LogP contribution >= 0.6 is 11.6 Å². The predicted molar refractivity (Wildman–Crippen MR) is 156 cm³/mol. The number of nitrogens with zero attached hydrogens (tertiary/aromatic N) is 6. The van der Waals surface area contributed by atoms with Crippen molar-refractivity contribution in [1.29, 1.82) is 5.26 Å². The van der Waals surface area contributed by atoms with Gasteiger partial charge in [0, 0.05) is 54.9 Å². The van der Waals surface area contributed by atoms with Gasteiger partial charge in [0.15, 0.2) is 5.72 Å². The van der Waals surface area contributed by atoms with Crippen molar-refractivity contribution in [3.63, 3.8) is 0 Å². The Balaban J connectivity index is 1.52. The number of benzene rings is 2. The fourth-order valence-electron chi connectivity index (χ4n) is 6.24. The van der Waals surface area contributed by atoms with Crippen molar-refractivity contribution in [3.8, 4) is 6.07 Å². The van der Waals surface area contributed by atoms with Crippen LogP contribution in [0, 0.1) is 23.1 Å². The first kappa shape index (κ1) is 29.4. The third-order valence-corrected chi connectivity index (χ3v) is 8.88. The molecule has 0 amide bonds. The summed E-state index contributed by atoms with van der Waals surface area (Å²) in [4.78, 5) is 15.1. The van der Waals surface area contributed by atoms with E-state index in [4.69, 9.17) is 16.3 Å². The number of aryl methyl sites for hydroxylation is 1. The minimum atomic E-state index is -1.51. The van der Waals surface area contributed by atoms with E-state index in [9.17, 15) is 15.5 Å². The number of hydrogen-bond acceptors (Lipinski definition) is 8. The van der Waals surface area contributed by atoms with E-state index in [0.29, 0.717) is 57.2 Å². The molecule has 11 heteroatoms. The number of aliphatic hydroxyl groups excluding tert-OH is 1. The van der Waals surface area contributed by atoms with E-state index < -0.39 is 17.1 Å². The van der Waals surface area contributed by atoms with Crippen molar-refractivity contribution in [2.75, 3.05) is 6.61 Å². The highest BCUT2D eigenvalue weighted by Gasteiger charge is 2.53. The van der Waals surface area contributed by atoms with E-state index in [-0.39, 0.29) is 38.1 Å². The SMILES string of the molecule is CCC(O)(c1cc(F)c2c(c1)CN(Cc1ncc(C#N)cn1)[C@@]2(O[C@H]1C[C@H](CO)C1)c1ccc(Cl)cc1)c1cn(C)cn1. The van der Waals surface area contributed by atoms with Crippen LogP contribution < -0.4 is 0 Å². The maximum Gasteiger partial charge on any atom is 0.178 e. The second-order valence-electron chi connectivity index (χ2n) is 11.4. The molecule has 0 bridgehead atoms. The van der Waals surface area contributed by atoms with Gasteiger partial charge in [-0.3, -0.25) is 4.90 Å². The average Bonchev–Trinajstić information content (AvgIpc) is 3.57. The number of fused-ring (bicyclic) bond motifs is 1. The Morgan fingerprint density at radius 2 is 1.91 bits per heavy atom. The molecule has 0 spiro atoms. The fraction of sp³-hybridized carbons (Fsp3) is 0.375. The Bertz CT molecular complexity index is 1670. The van der Waals surface area contributed by atoms with Crippen LogP contribution in [0.1, 0.15) is 65.5 Å². The molecule has 2 atom stereocenters. The quantitative estimate of drug-likeness (QED) is 0.287. The highest BCUT2D eigenvalue weighted by molar-refractivity contribution is 6.30. The fourth-order valence-corrected chi connectivity index (χ4v) is 6.36. The number of imidazole rings is 1. The number of rotatable bonds is 9. The van der Waals surface area contributed by atoms with Crippen LogP contribution in [-0.4, -0.2) is 47.3 Å². The number of nitriles is 1. The Morgan fingerprint density at radius 1 is 1.19 bits per heavy atom. The van der Waals surface area contributed by atoms with Crippen LogP contribution in [-0.2, 0) is 36.2 Å². The van der Waals surface area contributed by atoms with Crippen molar-refractivity contribution in [1.82, 2.24) is 24.4 Å². The van der Waals surface area contributed by atoms with Gasteiger partial charge in [0.05, 0.1) is 30.2 Å². The third kappa shape index (κ3) is 5.11. The third-order valence-electron chi connectivity index (χ3n) is 8.63. The van der Waals surface area contributed by atoms with E-state index in [1.165, 1.54) is 18.5 Å². The standard InChI is InChI=1S/C32H32ClFN6O3/c1-3-31(42,28-16-39(2)19-38-28)24-10-22-15-40(17-29-36-13-21(12-35)14-37-29)32(30(22)27(34)11-24,23-4-6-25(33)7-5-23)43-26-8-20(9-26)18-41/h4-7,10-11,13-14,16,19-20,26,41-42H,3,8-9,15,17-18H2,1-2H3/t20-,26-,31?,32-/m1/s1. The summed E-state index contributed by atoms with van der Waals surface area (Å²) in [5.41, 5.74) is -0.0369. The zero-order chi connectivity index (χ0) is 30.4. The molecule has 2 aromatic carbocycles. The van der Waals surface area contributed by atoms with Gasteiger partial charge >= 0.3 is 0 Å². The molecule has 2 aromatic heterocycles. The summed E-state index contributed by atoms with van der Waals surface area (Å²) in [6, 6.07) is 12.4. The summed E-state index contributed by atoms with van der Waals surface area (Å²) in [6.07, 6.45) is 7.59. The van der Waals surface area contributed by atoms with E-state index >= 15 is 4.39 Å². The second kappa shape index (κ2) is 11.4. The number of halogens is 2. The van der Waals surface area contributed by atoms with Crippen molar-refractivity contribution in [2.45, 2.75) is 56.7 Å². The van der Waals surface area contributed by atoms with Gasteiger partial charge in [-0.2, -0.15) is 5.26 Å². The van der Waals surface area contributed by atoms with E-state index in [2.05, 4.69) is 15.0 Å². The Kier molecular flexibility index (Phi) is 7.79. The van der Waals surface area contributed by atoms with Gasteiger partial charge in [0.2, 0.25) is 0 Å². The van der Waals surface area contributed by atoms with E-state index in [0.717, 1.165) is 0 Å². The van der Waals surface area contributed by atoms with Crippen LogP contribution in [0.5, 0.6) is 0 Å². The lowest BCUT2D eigenvalue weighted by Crippen LogP contribution is -2.50. The van der Waals surface area contributed by atoms with Crippen LogP contribution in [0.25, 0.3) is 0 Å². The van der Waals surface area contributed by atoms with Crippen LogP contribution in [0.4, 0.5) is 4.39 Å². The summed E-state index contributed by atoms with van der Waals surface area (Å²) in [7, 11) is 1.82. The topological polar surface area (TPSA) is 120 Å². The largest absolute Gasteiger partial charge is 0.396 e. The summed E-state index contributed by atoms with van der Waals surface area (Å²) in [6.45, 7) is 2.36. The molecule has 1 aliphatic heterocycles. The van der Waals surface area contributed by atoms with Crippen molar-refractivity contribution in [2.24, 2.45) is 13.0 Å². The van der Waals surface area contributed by atoms with Crippen molar-refractivity contribution in [3.05, 3.63) is 111 Å². The van der Waals surface area contributed by atoms with Gasteiger partial charge < -0.3 is 19.5 Å². The molecule has 2 N–H and O–H groups in total. The molecular formula is C32H32ClFN6O3. The van der Waals surface area contributed by atoms with Gasteiger partial charge in [-0.25, -0.2) is 19.3 Å². The van der Waals surface area contributed by atoms with Gasteiger partial charge in [0.25, 0.3) is 0 Å². The van der Waals surface area contributed by atoms with E-state index in [1.807, 2.05) is 43.1 Å². The molecule has 1 saturated carbocycles. The first-order valence-corrected chi connectivity index (χ1v) is 14.6. The molecule has 1 unspecified atom stereocenters. The van der Waals surface area contributed by atoms with Crippen molar-refractivity contribution >= 4 is 11.6 Å². The first-order valence-electron chi connectivity index (χ1n) is 14.2. The predicted octanol–water partition coefficient (Wildman–Crippen LogP) is 4.52. The lowest BCUT2D eigenvalue weighted by molar-refractivity contribution is -0.198. The highest BCUT2D eigenvalue weighted by atomic mass is 35.5. The normalized spacial score (nSPS) is 22.9. The molecule has 4 aromatic rings. The average molecular weight is 603 g/mol. The number of aromatic nitrogens is 4. The molecular weight excluding hydrogens is 571 g/mol. The first-order chi connectivity index (χ1) is 20.7. The lowest BCUT2D eigenvalue weighted by atomic mass is 9.81. The maximum absolute atomic E-state index is 16.7. The lowest BCUT2D eigenvalue weighted by Gasteiger charge is -2.46. The summed E-state index contributed by atoms with van der Waals surface area (Å²) < 4.78 is 25.4. The molecule has 9 nitrogen and oxygen atoms in total. The molecule has 0 radical (unpaired) electrons. The smallest absolute Gasteiger partial charge is 0.178 e. The van der Waals surface area contributed by atoms with Gasteiger partial charge in [-0.15, -0.1) is 0 Å². The van der Waals surface area contributed by atoms with Gasteiger partial charge in [0.1, 0.15) is 23.3 Å².